The number of benzene rings is 1. The maximum atomic E-state index is 13.2. The van der Waals surface area contributed by atoms with E-state index in [9.17, 15) is 4.79 Å². The molecule has 1 saturated carbocycles. The molecule has 2 unspecified atom stereocenters. The number of para-hydroxylation sites is 1. The van der Waals surface area contributed by atoms with Gasteiger partial charge >= 0.3 is 0 Å². The average molecular weight is 432 g/mol. The van der Waals surface area contributed by atoms with Crippen molar-refractivity contribution in [1.29, 1.82) is 0 Å². The quantitative estimate of drug-likeness (QED) is 0.665. The van der Waals surface area contributed by atoms with Crippen LogP contribution >= 0.6 is 36.2 Å². The Morgan fingerprint density at radius 1 is 1.26 bits per heavy atom. The van der Waals surface area contributed by atoms with E-state index in [4.69, 9.17) is 10.7 Å². The van der Waals surface area contributed by atoms with E-state index in [1.807, 2.05) is 18.2 Å². The van der Waals surface area contributed by atoms with Crippen molar-refractivity contribution >= 4 is 52.3 Å². The zero-order valence-electron chi connectivity index (χ0n) is 16.1. The summed E-state index contributed by atoms with van der Waals surface area (Å²) in [6.45, 7) is 4.89. The lowest BCUT2D eigenvalue weighted by Gasteiger charge is -2.32. The van der Waals surface area contributed by atoms with Gasteiger partial charge in [0.1, 0.15) is 0 Å². The van der Waals surface area contributed by atoms with Crippen LogP contribution < -0.4 is 11.1 Å². The number of amides is 1. The molecule has 1 fully saturated rings. The number of hydrogen-bond donors (Lipinski definition) is 2. The number of nitrogens with one attached hydrogen (secondary N) is 1. The second kappa shape index (κ2) is 10.6. The lowest BCUT2D eigenvalue weighted by Crippen LogP contribution is -2.48. The summed E-state index contributed by atoms with van der Waals surface area (Å²) in [6.07, 6.45) is 5.71. The third-order valence-electron chi connectivity index (χ3n) is 5.94. The zero-order chi connectivity index (χ0) is 17.9. The molecule has 1 aliphatic carbocycles. The fourth-order valence-corrected chi connectivity index (χ4v) is 5.13. The minimum Gasteiger partial charge on any atom is -0.353 e. The van der Waals surface area contributed by atoms with Crippen molar-refractivity contribution in [3.63, 3.8) is 0 Å². The molecule has 3 rings (SSSR count). The lowest BCUT2D eigenvalue weighted by molar-refractivity contribution is -0.132. The van der Waals surface area contributed by atoms with Crippen molar-refractivity contribution in [3.8, 4) is 0 Å². The monoisotopic (exact) mass is 431 g/mol. The van der Waals surface area contributed by atoms with Gasteiger partial charge in [0.25, 0.3) is 0 Å². The van der Waals surface area contributed by atoms with E-state index in [-0.39, 0.29) is 42.2 Å². The van der Waals surface area contributed by atoms with Crippen molar-refractivity contribution < 1.29 is 4.79 Å². The maximum Gasteiger partial charge on any atom is 0.226 e. The van der Waals surface area contributed by atoms with E-state index in [0.717, 1.165) is 42.6 Å². The predicted octanol–water partition coefficient (Wildman–Crippen LogP) is 4.73. The van der Waals surface area contributed by atoms with Crippen LogP contribution in [0.1, 0.15) is 51.0 Å². The van der Waals surface area contributed by atoms with E-state index in [2.05, 4.69) is 25.2 Å². The molecule has 0 spiro atoms. The molecule has 27 heavy (non-hydrogen) atoms. The summed E-state index contributed by atoms with van der Waals surface area (Å²) in [7, 11) is 0. The Bertz CT molecular complexity index is 700. The zero-order valence-corrected chi connectivity index (χ0v) is 18.5. The van der Waals surface area contributed by atoms with Crippen LogP contribution in [0.3, 0.4) is 0 Å². The number of thiazole rings is 1. The van der Waals surface area contributed by atoms with Gasteiger partial charge in [-0.15, -0.1) is 36.2 Å². The van der Waals surface area contributed by atoms with Crippen molar-refractivity contribution in [2.75, 3.05) is 6.54 Å². The molecular formula is C20H31Cl2N3OS. The summed E-state index contributed by atoms with van der Waals surface area (Å²) in [5.41, 5.74) is 6.53. The van der Waals surface area contributed by atoms with E-state index in [1.54, 1.807) is 11.3 Å². The van der Waals surface area contributed by atoms with E-state index >= 15 is 0 Å². The number of halogens is 2. The Hall–Kier alpha value is -0.880. The van der Waals surface area contributed by atoms with Crippen LogP contribution in [-0.2, 0) is 11.2 Å². The van der Waals surface area contributed by atoms with Crippen LogP contribution in [0, 0.1) is 11.3 Å². The highest BCUT2D eigenvalue weighted by molar-refractivity contribution is 7.18. The molecule has 1 heterocycles. The van der Waals surface area contributed by atoms with Crippen LogP contribution in [0.15, 0.2) is 24.3 Å². The number of rotatable bonds is 7. The SMILES string of the molecule is CCC(CC)(Cc1nc2ccccc2s1)C(=O)NC1CCCC1CN.Cl.Cl. The lowest BCUT2D eigenvalue weighted by atomic mass is 9.78. The number of aromatic nitrogens is 1. The van der Waals surface area contributed by atoms with E-state index < -0.39 is 0 Å². The highest BCUT2D eigenvalue weighted by atomic mass is 35.5. The Balaban J connectivity index is 0.00000182. The fourth-order valence-electron chi connectivity index (χ4n) is 4.02. The second-order valence-electron chi connectivity index (χ2n) is 7.25. The smallest absolute Gasteiger partial charge is 0.226 e. The largest absolute Gasteiger partial charge is 0.353 e. The van der Waals surface area contributed by atoms with Crippen LogP contribution in [0.25, 0.3) is 10.2 Å². The number of carbonyl (C=O) groups is 1. The molecule has 1 amide bonds. The number of nitrogens with two attached hydrogens (primary N) is 1. The molecule has 152 valence electrons. The third kappa shape index (κ3) is 5.14. The predicted molar refractivity (Wildman–Crippen MR) is 119 cm³/mol. The summed E-state index contributed by atoms with van der Waals surface area (Å²) in [5.74, 6) is 0.611. The molecule has 7 heteroatoms. The van der Waals surface area contributed by atoms with Gasteiger partial charge in [0, 0.05) is 12.5 Å². The first kappa shape index (κ1) is 24.2. The van der Waals surface area contributed by atoms with Crippen LogP contribution in [0.2, 0.25) is 0 Å². The van der Waals surface area contributed by atoms with Crippen LogP contribution in [0.5, 0.6) is 0 Å². The van der Waals surface area contributed by atoms with Gasteiger partial charge in [0.15, 0.2) is 0 Å². The minimum absolute atomic E-state index is 0. The van der Waals surface area contributed by atoms with Crippen molar-refractivity contribution in [1.82, 2.24) is 10.3 Å². The van der Waals surface area contributed by atoms with Gasteiger partial charge in [-0.2, -0.15) is 0 Å². The normalized spacial score (nSPS) is 19.4. The van der Waals surface area contributed by atoms with Gasteiger partial charge in [0.2, 0.25) is 5.91 Å². The van der Waals surface area contributed by atoms with Crippen molar-refractivity contribution in [2.24, 2.45) is 17.1 Å². The highest BCUT2D eigenvalue weighted by Gasteiger charge is 2.38. The summed E-state index contributed by atoms with van der Waals surface area (Å²) in [4.78, 5) is 17.9. The summed E-state index contributed by atoms with van der Waals surface area (Å²) in [5, 5.41) is 4.39. The topological polar surface area (TPSA) is 68.0 Å². The molecule has 0 radical (unpaired) electrons. The van der Waals surface area contributed by atoms with E-state index in [1.165, 1.54) is 4.70 Å². The maximum absolute atomic E-state index is 13.2. The molecule has 3 N–H and O–H groups in total. The number of nitrogens with zero attached hydrogens (tertiary/aromatic N) is 1. The molecule has 1 aromatic carbocycles. The van der Waals surface area contributed by atoms with Gasteiger partial charge in [-0.25, -0.2) is 4.98 Å². The first-order chi connectivity index (χ1) is 12.1. The Morgan fingerprint density at radius 3 is 2.59 bits per heavy atom. The second-order valence-corrected chi connectivity index (χ2v) is 8.36. The molecule has 2 aromatic rings. The van der Waals surface area contributed by atoms with Gasteiger partial charge in [-0.1, -0.05) is 32.4 Å². The Morgan fingerprint density at radius 2 is 1.96 bits per heavy atom. The van der Waals surface area contributed by atoms with Gasteiger partial charge in [0.05, 0.1) is 20.6 Å². The van der Waals surface area contributed by atoms with Crippen molar-refractivity contribution in [3.05, 3.63) is 29.3 Å². The molecule has 2 atom stereocenters. The van der Waals surface area contributed by atoms with Gasteiger partial charge in [-0.3, -0.25) is 4.79 Å². The Kier molecular flexibility index (Phi) is 9.49. The van der Waals surface area contributed by atoms with Crippen molar-refractivity contribution in [2.45, 2.75) is 58.4 Å². The molecule has 0 aliphatic heterocycles. The first-order valence-electron chi connectivity index (χ1n) is 9.47. The van der Waals surface area contributed by atoms with Crippen LogP contribution in [-0.4, -0.2) is 23.5 Å². The molecule has 0 saturated heterocycles. The van der Waals surface area contributed by atoms with Gasteiger partial charge in [-0.05, 0) is 50.3 Å². The number of hydrogen-bond acceptors (Lipinski definition) is 4. The third-order valence-corrected chi connectivity index (χ3v) is 6.98. The molecule has 0 bridgehead atoms. The molecule has 1 aliphatic rings. The number of carbonyl (C=O) groups excluding carboxylic acids is 1. The fraction of sp³-hybridized carbons (Fsp3) is 0.600. The number of fused-ring (bicyclic) bond motifs is 1. The Labute approximate surface area is 178 Å². The summed E-state index contributed by atoms with van der Waals surface area (Å²) in [6, 6.07) is 8.43. The minimum atomic E-state index is -0.379. The standard InChI is InChI=1S/C20H29N3OS.2ClH/c1-3-20(4-2,19(24)23-15-10-7-8-14(15)13-21)12-18-22-16-9-5-6-11-17(16)25-18;;/h5-6,9,11,14-15H,3-4,7-8,10,12-13,21H2,1-2H3,(H,23,24);2*1H. The average Bonchev–Trinajstić information content (AvgIpc) is 3.25. The first-order valence-corrected chi connectivity index (χ1v) is 10.3. The molecule has 1 aromatic heterocycles. The van der Waals surface area contributed by atoms with E-state index in [0.29, 0.717) is 18.9 Å². The van der Waals surface area contributed by atoms with Gasteiger partial charge < -0.3 is 11.1 Å². The molecular weight excluding hydrogens is 401 g/mol. The molecule has 4 nitrogen and oxygen atoms in total. The highest BCUT2D eigenvalue weighted by Crippen LogP contribution is 2.35. The summed E-state index contributed by atoms with van der Waals surface area (Å²) < 4.78 is 1.19. The summed E-state index contributed by atoms with van der Waals surface area (Å²) >= 11 is 1.71. The van der Waals surface area contributed by atoms with Crippen LogP contribution in [0.4, 0.5) is 0 Å².